The van der Waals surface area contributed by atoms with Crippen molar-refractivity contribution in [1.82, 2.24) is 0 Å². The van der Waals surface area contributed by atoms with Crippen LogP contribution < -0.4 is 4.74 Å². The molecule has 1 aromatic rings. The van der Waals surface area contributed by atoms with Gasteiger partial charge < -0.3 is 14.2 Å². The van der Waals surface area contributed by atoms with Crippen LogP contribution in [-0.2, 0) is 19.1 Å². The molecule has 3 rings (SSSR count). The van der Waals surface area contributed by atoms with Crippen LogP contribution in [0.4, 0.5) is 0 Å². The summed E-state index contributed by atoms with van der Waals surface area (Å²) in [5.74, 6) is 0.0560. The Labute approximate surface area is 172 Å². The molecule has 1 saturated carbocycles. The highest BCUT2D eigenvalue weighted by atomic mass is 16.5. The van der Waals surface area contributed by atoms with Gasteiger partial charge in [-0.05, 0) is 60.9 Å². The number of hydrogen-bond acceptors (Lipinski definition) is 5. The number of benzene rings is 1. The molecule has 0 spiro atoms. The van der Waals surface area contributed by atoms with E-state index in [2.05, 4.69) is 26.0 Å². The van der Waals surface area contributed by atoms with Crippen LogP contribution in [0.5, 0.6) is 5.75 Å². The predicted octanol–water partition coefficient (Wildman–Crippen LogP) is 4.72. The Morgan fingerprint density at radius 2 is 1.52 bits per heavy atom. The molecule has 5 nitrogen and oxygen atoms in total. The van der Waals surface area contributed by atoms with Gasteiger partial charge in [0.25, 0.3) is 0 Å². The number of methoxy groups -OCH3 is 3. The van der Waals surface area contributed by atoms with E-state index in [9.17, 15) is 9.59 Å². The molecule has 5 heteroatoms. The van der Waals surface area contributed by atoms with E-state index in [0.717, 1.165) is 36.2 Å². The minimum Gasteiger partial charge on any atom is -0.497 e. The van der Waals surface area contributed by atoms with Crippen LogP contribution in [0.15, 0.2) is 46.6 Å². The lowest BCUT2D eigenvalue weighted by Crippen LogP contribution is -2.38. The standard InChI is InChI=1S/C24H30O5/c1-6-15-12-19(16-8-10-17(27-3)11-9-16)18(7-2)21-14-24(13-20(15)21,22(25)28-4)23(26)29-5/h8-11,19H,6-7,12-14H2,1-5H3. The van der Waals surface area contributed by atoms with E-state index in [4.69, 9.17) is 14.2 Å². The minimum atomic E-state index is -1.27. The molecule has 1 atom stereocenters. The molecule has 2 aliphatic rings. The molecular weight excluding hydrogens is 368 g/mol. The summed E-state index contributed by atoms with van der Waals surface area (Å²) in [7, 11) is 4.33. The van der Waals surface area contributed by atoms with Gasteiger partial charge in [-0.3, -0.25) is 9.59 Å². The minimum absolute atomic E-state index is 0.241. The summed E-state index contributed by atoms with van der Waals surface area (Å²) >= 11 is 0. The molecule has 0 aliphatic heterocycles. The van der Waals surface area contributed by atoms with E-state index in [0.29, 0.717) is 12.8 Å². The van der Waals surface area contributed by atoms with Crippen molar-refractivity contribution >= 4 is 11.9 Å². The maximum atomic E-state index is 12.7. The van der Waals surface area contributed by atoms with Gasteiger partial charge in [-0.15, -0.1) is 0 Å². The fourth-order valence-electron chi connectivity index (χ4n) is 4.96. The Morgan fingerprint density at radius 1 is 0.931 bits per heavy atom. The second-order valence-corrected chi connectivity index (χ2v) is 7.74. The summed E-state index contributed by atoms with van der Waals surface area (Å²) in [4.78, 5) is 25.4. The average molecular weight is 398 g/mol. The largest absolute Gasteiger partial charge is 0.497 e. The van der Waals surface area contributed by atoms with E-state index >= 15 is 0 Å². The maximum Gasteiger partial charge on any atom is 0.323 e. The van der Waals surface area contributed by atoms with Crippen molar-refractivity contribution in [3.63, 3.8) is 0 Å². The lowest BCUT2D eigenvalue weighted by molar-refractivity contribution is -0.168. The second kappa shape index (κ2) is 8.44. The number of carbonyl (C=O) groups excluding carboxylic acids is 2. The summed E-state index contributed by atoms with van der Waals surface area (Å²) in [6.45, 7) is 4.28. The predicted molar refractivity (Wildman–Crippen MR) is 111 cm³/mol. The number of hydrogen-bond donors (Lipinski definition) is 0. The fraction of sp³-hybridized carbons (Fsp3) is 0.500. The number of fused-ring (bicyclic) bond motifs is 1. The molecule has 2 aliphatic carbocycles. The van der Waals surface area contributed by atoms with Gasteiger partial charge in [-0.25, -0.2) is 0 Å². The third-order valence-electron chi connectivity index (χ3n) is 6.49. The molecule has 1 unspecified atom stereocenters. The summed E-state index contributed by atoms with van der Waals surface area (Å²) < 4.78 is 15.4. The van der Waals surface area contributed by atoms with Crippen LogP contribution in [0.3, 0.4) is 0 Å². The van der Waals surface area contributed by atoms with Crippen molar-refractivity contribution in [3.05, 3.63) is 52.1 Å². The van der Waals surface area contributed by atoms with Crippen molar-refractivity contribution in [2.45, 2.75) is 51.9 Å². The Balaban J connectivity index is 2.12. The van der Waals surface area contributed by atoms with Gasteiger partial charge in [0.2, 0.25) is 0 Å². The molecular formula is C24H30O5. The van der Waals surface area contributed by atoms with Crippen LogP contribution in [0.1, 0.15) is 57.4 Å². The first-order chi connectivity index (χ1) is 13.9. The molecule has 0 amide bonds. The van der Waals surface area contributed by atoms with Crippen molar-refractivity contribution in [1.29, 1.82) is 0 Å². The highest BCUT2D eigenvalue weighted by Crippen LogP contribution is 2.55. The highest BCUT2D eigenvalue weighted by molar-refractivity contribution is 6.02. The van der Waals surface area contributed by atoms with Gasteiger partial charge in [-0.2, -0.15) is 0 Å². The molecule has 29 heavy (non-hydrogen) atoms. The highest BCUT2D eigenvalue weighted by Gasteiger charge is 2.55. The molecule has 0 heterocycles. The van der Waals surface area contributed by atoms with E-state index in [1.54, 1.807) is 7.11 Å². The van der Waals surface area contributed by atoms with Crippen molar-refractivity contribution in [2.75, 3.05) is 21.3 Å². The van der Waals surface area contributed by atoms with Gasteiger partial charge in [-0.1, -0.05) is 37.1 Å². The lowest BCUT2D eigenvalue weighted by atomic mass is 9.75. The zero-order valence-electron chi connectivity index (χ0n) is 18.0. The Morgan fingerprint density at radius 3 is 2.00 bits per heavy atom. The van der Waals surface area contributed by atoms with Crippen LogP contribution in [-0.4, -0.2) is 33.3 Å². The van der Waals surface area contributed by atoms with E-state index in [-0.39, 0.29) is 5.92 Å². The Kier molecular flexibility index (Phi) is 6.15. The van der Waals surface area contributed by atoms with E-state index in [1.807, 2.05) is 12.1 Å². The van der Waals surface area contributed by atoms with Gasteiger partial charge >= 0.3 is 11.9 Å². The zero-order valence-corrected chi connectivity index (χ0v) is 18.0. The fourth-order valence-corrected chi connectivity index (χ4v) is 4.96. The molecule has 1 aromatic carbocycles. The number of rotatable bonds is 6. The molecule has 0 aromatic heterocycles. The normalized spacial score (nSPS) is 20.4. The van der Waals surface area contributed by atoms with Crippen molar-refractivity contribution < 1.29 is 23.8 Å². The topological polar surface area (TPSA) is 61.8 Å². The maximum absolute atomic E-state index is 12.7. The third kappa shape index (κ3) is 3.47. The van der Waals surface area contributed by atoms with Gasteiger partial charge in [0.15, 0.2) is 5.41 Å². The molecule has 0 N–H and O–H groups in total. The summed E-state index contributed by atoms with van der Waals surface area (Å²) in [6.07, 6.45) is 3.37. The summed E-state index contributed by atoms with van der Waals surface area (Å²) in [5.41, 5.74) is 4.87. The number of carbonyl (C=O) groups is 2. The summed E-state index contributed by atoms with van der Waals surface area (Å²) in [5, 5.41) is 0. The Hall–Kier alpha value is -2.56. The van der Waals surface area contributed by atoms with Gasteiger partial charge in [0, 0.05) is 5.92 Å². The lowest BCUT2D eigenvalue weighted by Gasteiger charge is -2.30. The van der Waals surface area contributed by atoms with E-state index in [1.165, 1.54) is 30.9 Å². The van der Waals surface area contributed by atoms with Crippen molar-refractivity contribution in [2.24, 2.45) is 5.41 Å². The van der Waals surface area contributed by atoms with Gasteiger partial charge in [0.05, 0.1) is 21.3 Å². The average Bonchev–Trinajstić information content (AvgIpc) is 3.18. The van der Waals surface area contributed by atoms with Crippen LogP contribution in [0.2, 0.25) is 0 Å². The van der Waals surface area contributed by atoms with Crippen molar-refractivity contribution in [3.8, 4) is 5.75 Å². The molecule has 156 valence electrons. The summed E-state index contributed by atoms with van der Waals surface area (Å²) in [6, 6.07) is 8.20. The number of esters is 2. The molecule has 0 bridgehead atoms. The first kappa shape index (κ1) is 21.2. The number of allylic oxidation sites excluding steroid dienone is 4. The monoisotopic (exact) mass is 398 g/mol. The zero-order chi connectivity index (χ0) is 21.2. The Bertz CT molecular complexity index is 844. The molecule has 0 radical (unpaired) electrons. The molecule has 1 fully saturated rings. The SMILES string of the molecule is CCC1=C2CC(C(=O)OC)(C(=O)OC)CC2=C(CC)C(c2ccc(OC)cc2)C1. The first-order valence-electron chi connectivity index (χ1n) is 10.2. The third-order valence-corrected chi connectivity index (χ3v) is 6.49. The van der Waals surface area contributed by atoms with Gasteiger partial charge in [0.1, 0.15) is 5.75 Å². The first-order valence-corrected chi connectivity index (χ1v) is 10.2. The number of ether oxygens (including phenoxy) is 3. The quantitative estimate of drug-likeness (QED) is 0.512. The van der Waals surface area contributed by atoms with E-state index < -0.39 is 17.4 Å². The molecule has 0 saturated heterocycles. The van der Waals surface area contributed by atoms with Crippen LogP contribution in [0.25, 0.3) is 0 Å². The second-order valence-electron chi connectivity index (χ2n) is 7.74. The van der Waals surface area contributed by atoms with Crippen LogP contribution in [0, 0.1) is 5.41 Å². The van der Waals surface area contributed by atoms with Crippen LogP contribution >= 0.6 is 0 Å². The smallest absolute Gasteiger partial charge is 0.323 e.